The highest BCUT2D eigenvalue weighted by Gasteiger charge is 2.04. The van der Waals surface area contributed by atoms with E-state index in [1.165, 1.54) is 0 Å². The van der Waals surface area contributed by atoms with Crippen LogP contribution in [-0.4, -0.2) is 32.8 Å². The van der Waals surface area contributed by atoms with Gasteiger partial charge in [0.15, 0.2) is 0 Å². The molecule has 0 bridgehead atoms. The Morgan fingerprint density at radius 2 is 2.15 bits per heavy atom. The molecule has 0 aliphatic rings. The minimum Gasteiger partial charge on any atom is -0.382 e. The van der Waals surface area contributed by atoms with Crippen LogP contribution in [-0.2, 0) is 9.47 Å². The molecule has 76 valence electrons. The second kappa shape index (κ2) is 9.79. The number of methoxy groups -OCH3 is 1. The molecule has 0 aliphatic carbocycles. The summed E-state index contributed by atoms with van der Waals surface area (Å²) in [6.07, 6.45) is 1.70. The van der Waals surface area contributed by atoms with Crippen LogP contribution in [0.25, 0.3) is 0 Å². The predicted octanol–water partition coefficient (Wildman–Crippen LogP) is 1.81. The van der Waals surface area contributed by atoms with E-state index in [9.17, 15) is 0 Å². The minimum absolute atomic E-state index is 0.0345. The normalized spacial score (nSPS) is 12.4. The summed E-state index contributed by atoms with van der Waals surface area (Å²) in [7, 11) is 1.64. The SMILES string of the molecule is COCCOCCCC(C#N)CCl. The molecule has 0 radical (unpaired) electrons. The second-order valence-electron chi connectivity index (χ2n) is 2.73. The average Bonchev–Trinajstić information content (AvgIpc) is 2.17. The van der Waals surface area contributed by atoms with Crippen molar-refractivity contribution in [2.45, 2.75) is 12.8 Å². The molecule has 0 aromatic heterocycles. The number of nitrogens with zero attached hydrogens (tertiary/aromatic N) is 1. The number of nitriles is 1. The van der Waals surface area contributed by atoms with Gasteiger partial charge in [-0.3, -0.25) is 0 Å². The van der Waals surface area contributed by atoms with Gasteiger partial charge in [-0.05, 0) is 12.8 Å². The zero-order valence-electron chi connectivity index (χ0n) is 7.96. The molecule has 0 aliphatic heterocycles. The van der Waals surface area contributed by atoms with Crippen molar-refractivity contribution >= 4 is 11.6 Å². The van der Waals surface area contributed by atoms with Gasteiger partial charge in [-0.2, -0.15) is 5.26 Å². The lowest BCUT2D eigenvalue weighted by Gasteiger charge is -2.05. The van der Waals surface area contributed by atoms with Crippen LogP contribution in [0.2, 0.25) is 0 Å². The summed E-state index contributed by atoms with van der Waals surface area (Å²) in [5.74, 6) is 0.377. The van der Waals surface area contributed by atoms with Gasteiger partial charge in [-0.25, -0.2) is 0 Å². The number of hydrogen-bond acceptors (Lipinski definition) is 3. The first-order chi connectivity index (χ1) is 6.35. The van der Waals surface area contributed by atoms with E-state index in [1.807, 2.05) is 0 Å². The van der Waals surface area contributed by atoms with E-state index in [4.69, 9.17) is 26.3 Å². The van der Waals surface area contributed by atoms with E-state index in [1.54, 1.807) is 7.11 Å². The molecule has 4 heteroatoms. The lowest BCUT2D eigenvalue weighted by molar-refractivity contribution is 0.0681. The molecular weight excluding hydrogens is 190 g/mol. The third-order valence-electron chi connectivity index (χ3n) is 1.64. The van der Waals surface area contributed by atoms with Gasteiger partial charge in [0.2, 0.25) is 0 Å². The van der Waals surface area contributed by atoms with Crippen LogP contribution in [0.4, 0.5) is 0 Å². The molecule has 3 nitrogen and oxygen atoms in total. The molecule has 0 saturated carbocycles. The fourth-order valence-electron chi connectivity index (χ4n) is 0.852. The Bertz CT molecular complexity index is 147. The van der Waals surface area contributed by atoms with Crippen LogP contribution in [0.3, 0.4) is 0 Å². The highest BCUT2D eigenvalue weighted by atomic mass is 35.5. The Morgan fingerprint density at radius 3 is 2.69 bits per heavy atom. The monoisotopic (exact) mass is 205 g/mol. The molecule has 0 fully saturated rings. The minimum atomic E-state index is -0.0345. The van der Waals surface area contributed by atoms with Crippen LogP contribution >= 0.6 is 11.6 Å². The van der Waals surface area contributed by atoms with Gasteiger partial charge >= 0.3 is 0 Å². The van der Waals surface area contributed by atoms with Crippen molar-refractivity contribution in [3.05, 3.63) is 0 Å². The molecule has 0 rings (SSSR count). The molecule has 0 saturated heterocycles. The van der Waals surface area contributed by atoms with Crippen molar-refractivity contribution in [2.75, 3.05) is 32.8 Å². The topological polar surface area (TPSA) is 42.2 Å². The fourth-order valence-corrected chi connectivity index (χ4v) is 1.08. The largest absolute Gasteiger partial charge is 0.382 e. The Labute approximate surface area is 84.6 Å². The zero-order chi connectivity index (χ0) is 9.94. The van der Waals surface area contributed by atoms with Crippen molar-refractivity contribution in [2.24, 2.45) is 5.92 Å². The van der Waals surface area contributed by atoms with E-state index < -0.39 is 0 Å². The standard InChI is InChI=1S/C9H16ClNO2/c1-12-5-6-13-4-2-3-9(7-10)8-11/h9H,2-7H2,1H3. The maximum Gasteiger partial charge on any atom is 0.0700 e. The van der Waals surface area contributed by atoms with Gasteiger partial charge in [0.1, 0.15) is 0 Å². The summed E-state index contributed by atoms with van der Waals surface area (Å²) in [6, 6.07) is 2.14. The number of hydrogen-bond donors (Lipinski definition) is 0. The van der Waals surface area contributed by atoms with Crippen molar-refractivity contribution in [3.8, 4) is 6.07 Å². The van der Waals surface area contributed by atoms with Crippen molar-refractivity contribution < 1.29 is 9.47 Å². The van der Waals surface area contributed by atoms with Gasteiger partial charge < -0.3 is 9.47 Å². The highest BCUT2D eigenvalue weighted by Crippen LogP contribution is 2.06. The van der Waals surface area contributed by atoms with E-state index in [-0.39, 0.29) is 5.92 Å². The molecule has 1 atom stereocenters. The fraction of sp³-hybridized carbons (Fsp3) is 0.889. The highest BCUT2D eigenvalue weighted by molar-refractivity contribution is 6.18. The maximum absolute atomic E-state index is 8.57. The van der Waals surface area contributed by atoms with Crippen molar-refractivity contribution in [3.63, 3.8) is 0 Å². The number of halogens is 1. The van der Waals surface area contributed by atoms with Crippen molar-refractivity contribution in [1.82, 2.24) is 0 Å². The quantitative estimate of drug-likeness (QED) is 0.448. The molecule has 0 spiro atoms. The number of alkyl halides is 1. The molecule has 13 heavy (non-hydrogen) atoms. The molecule has 1 unspecified atom stereocenters. The number of ether oxygens (including phenoxy) is 2. The van der Waals surface area contributed by atoms with Crippen LogP contribution in [0.15, 0.2) is 0 Å². The maximum atomic E-state index is 8.57. The first-order valence-corrected chi connectivity index (χ1v) is 4.90. The Morgan fingerprint density at radius 1 is 1.38 bits per heavy atom. The van der Waals surface area contributed by atoms with Crippen LogP contribution < -0.4 is 0 Å². The third kappa shape index (κ3) is 8.04. The van der Waals surface area contributed by atoms with Crippen molar-refractivity contribution in [1.29, 1.82) is 5.26 Å². The van der Waals surface area contributed by atoms with Gasteiger partial charge in [-0.15, -0.1) is 11.6 Å². The van der Waals surface area contributed by atoms with Gasteiger partial charge in [0.25, 0.3) is 0 Å². The van der Waals surface area contributed by atoms with Gasteiger partial charge in [0, 0.05) is 19.6 Å². The molecule has 0 aromatic carbocycles. The molecule has 0 amide bonds. The van der Waals surface area contributed by atoms with Crippen LogP contribution in [0.1, 0.15) is 12.8 Å². The molecular formula is C9H16ClNO2. The van der Waals surface area contributed by atoms with Crippen LogP contribution in [0, 0.1) is 17.2 Å². The Hall–Kier alpha value is -0.300. The summed E-state index contributed by atoms with van der Waals surface area (Å²) in [4.78, 5) is 0. The summed E-state index contributed by atoms with van der Waals surface area (Å²) in [5, 5.41) is 8.57. The Balaban J connectivity index is 3.11. The number of rotatable bonds is 8. The first kappa shape index (κ1) is 12.7. The molecule has 0 heterocycles. The summed E-state index contributed by atoms with van der Waals surface area (Å²) >= 11 is 5.55. The lowest BCUT2D eigenvalue weighted by atomic mass is 10.1. The van der Waals surface area contributed by atoms with E-state index >= 15 is 0 Å². The molecule has 0 N–H and O–H groups in total. The zero-order valence-corrected chi connectivity index (χ0v) is 8.72. The third-order valence-corrected chi connectivity index (χ3v) is 2.01. The van der Waals surface area contributed by atoms with E-state index in [2.05, 4.69) is 6.07 Å². The van der Waals surface area contributed by atoms with E-state index in [0.29, 0.717) is 25.7 Å². The van der Waals surface area contributed by atoms with E-state index in [0.717, 1.165) is 12.8 Å². The lowest BCUT2D eigenvalue weighted by Crippen LogP contribution is -2.05. The van der Waals surface area contributed by atoms with Gasteiger partial charge in [0.05, 0.1) is 25.2 Å². The summed E-state index contributed by atoms with van der Waals surface area (Å²) < 4.78 is 10.0. The summed E-state index contributed by atoms with van der Waals surface area (Å²) in [6.45, 7) is 1.92. The summed E-state index contributed by atoms with van der Waals surface area (Å²) in [5.41, 5.74) is 0. The molecule has 0 aromatic rings. The average molecular weight is 206 g/mol. The van der Waals surface area contributed by atoms with Crippen LogP contribution in [0.5, 0.6) is 0 Å². The Kier molecular flexibility index (Phi) is 9.56. The smallest absolute Gasteiger partial charge is 0.0700 e. The first-order valence-electron chi connectivity index (χ1n) is 4.37. The predicted molar refractivity (Wildman–Crippen MR) is 51.8 cm³/mol. The van der Waals surface area contributed by atoms with Gasteiger partial charge in [-0.1, -0.05) is 0 Å². The second-order valence-corrected chi connectivity index (χ2v) is 3.04.